The average molecular weight is 503 g/mol. The highest BCUT2D eigenvalue weighted by molar-refractivity contribution is 8.01. The monoisotopic (exact) mass is 502 g/mol. The topological polar surface area (TPSA) is 67.9 Å². The third-order valence-electron chi connectivity index (χ3n) is 4.54. The van der Waals surface area contributed by atoms with Crippen molar-refractivity contribution in [1.82, 2.24) is 10.2 Å². The predicted molar refractivity (Wildman–Crippen MR) is 125 cm³/mol. The Bertz CT molecular complexity index is 909. The summed E-state index contributed by atoms with van der Waals surface area (Å²) >= 11 is 14.8. The summed E-state index contributed by atoms with van der Waals surface area (Å²) in [7, 11) is 0. The Labute approximate surface area is 200 Å². The fourth-order valence-electron chi connectivity index (χ4n) is 3.07. The molecular formula is C21H24Cl2N2O4S2. The summed E-state index contributed by atoms with van der Waals surface area (Å²) in [4.78, 5) is 26.8. The molecule has 0 spiro atoms. The number of amides is 1. The van der Waals surface area contributed by atoms with Crippen LogP contribution >= 0.6 is 46.3 Å². The standard InChI is InChI=1S/C21H24Cl2N2O4S2/c1-2-28-21(27)18-5-6-20(31-18)30-13-19(26)24-10-15-12-25(7-8-29-15)11-14-3-4-16(22)17(23)9-14/h3-6,9,15H,2,7-8,10-13H2,1H3,(H,24,26)/t15-/m0/s1. The lowest BCUT2D eigenvalue weighted by Crippen LogP contribution is -2.47. The molecule has 10 heteroatoms. The van der Waals surface area contributed by atoms with Crippen molar-refractivity contribution >= 4 is 58.2 Å². The maximum Gasteiger partial charge on any atom is 0.348 e. The molecule has 2 heterocycles. The molecule has 0 unspecified atom stereocenters. The van der Waals surface area contributed by atoms with Gasteiger partial charge in [0.15, 0.2) is 0 Å². The molecule has 0 bridgehead atoms. The zero-order valence-corrected chi connectivity index (χ0v) is 20.2. The highest BCUT2D eigenvalue weighted by atomic mass is 35.5. The third-order valence-corrected chi connectivity index (χ3v) is 7.57. The molecule has 1 atom stereocenters. The van der Waals surface area contributed by atoms with Crippen molar-refractivity contribution in [2.45, 2.75) is 23.8 Å². The fraction of sp³-hybridized carbons (Fsp3) is 0.429. The summed E-state index contributed by atoms with van der Waals surface area (Å²) < 4.78 is 11.7. The number of hydrogen-bond donors (Lipinski definition) is 1. The Hall–Kier alpha value is -1.29. The van der Waals surface area contributed by atoms with Crippen molar-refractivity contribution in [3.05, 3.63) is 50.8 Å². The highest BCUT2D eigenvalue weighted by Crippen LogP contribution is 2.27. The van der Waals surface area contributed by atoms with Gasteiger partial charge in [0, 0.05) is 26.2 Å². The summed E-state index contributed by atoms with van der Waals surface area (Å²) in [5.74, 6) is -0.118. The summed E-state index contributed by atoms with van der Waals surface area (Å²) in [6.45, 7) is 5.48. The number of rotatable bonds is 9. The number of hydrogen-bond acceptors (Lipinski definition) is 7. The molecule has 1 aromatic heterocycles. The first-order valence-electron chi connectivity index (χ1n) is 9.89. The van der Waals surface area contributed by atoms with E-state index in [0.717, 1.165) is 29.4 Å². The molecule has 1 saturated heterocycles. The minimum Gasteiger partial charge on any atom is -0.462 e. The predicted octanol–water partition coefficient (Wildman–Crippen LogP) is 4.34. The Morgan fingerprint density at radius 3 is 2.90 bits per heavy atom. The molecular weight excluding hydrogens is 479 g/mol. The van der Waals surface area contributed by atoms with Crippen LogP contribution in [0.4, 0.5) is 0 Å². The number of benzene rings is 1. The Morgan fingerprint density at radius 1 is 1.29 bits per heavy atom. The molecule has 0 saturated carbocycles. The van der Waals surface area contributed by atoms with Crippen LogP contribution in [0.5, 0.6) is 0 Å². The van der Waals surface area contributed by atoms with Crippen molar-refractivity contribution in [2.24, 2.45) is 0 Å². The van der Waals surface area contributed by atoms with Crippen molar-refractivity contribution in [3.63, 3.8) is 0 Å². The maximum atomic E-state index is 12.2. The number of thioether (sulfide) groups is 1. The van der Waals surface area contributed by atoms with Crippen LogP contribution in [0, 0.1) is 0 Å². The average Bonchev–Trinajstić information content (AvgIpc) is 3.23. The molecule has 0 aliphatic carbocycles. The maximum absolute atomic E-state index is 12.2. The van der Waals surface area contributed by atoms with Crippen LogP contribution in [0.2, 0.25) is 10.0 Å². The van der Waals surface area contributed by atoms with E-state index >= 15 is 0 Å². The molecule has 1 aromatic carbocycles. The molecule has 1 aliphatic heterocycles. The minimum absolute atomic E-state index is 0.0670. The van der Waals surface area contributed by atoms with E-state index < -0.39 is 0 Å². The van der Waals surface area contributed by atoms with Gasteiger partial charge in [-0.15, -0.1) is 23.1 Å². The lowest BCUT2D eigenvalue weighted by Gasteiger charge is -2.33. The van der Waals surface area contributed by atoms with Crippen LogP contribution < -0.4 is 5.32 Å². The van der Waals surface area contributed by atoms with Crippen LogP contribution in [0.3, 0.4) is 0 Å². The van der Waals surface area contributed by atoms with E-state index in [1.165, 1.54) is 23.1 Å². The fourth-order valence-corrected chi connectivity index (χ4v) is 5.24. The first-order valence-corrected chi connectivity index (χ1v) is 12.4. The zero-order valence-electron chi connectivity index (χ0n) is 17.1. The molecule has 0 radical (unpaired) electrons. The van der Waals surface area contributed by atoms with E-state index in [9.17, 15) is 9.59 Å². The van der Waals surface area contributed by atoms with E-state index in [0.29, 0.717) is 34.7 Å². The summed E-state index contributed by atoms with van der Waals surface area (Å²) in [6.07, 6.45) is -0.0670. The highest BCUT2D eigenvalue weighted by Gasteiger charge is 2.21. The number of carbonyl (C=O) groups excluding carboxylic acids is 2. The number of esters is 1. The largest absolute Gasteiger partial charge is 0.462 e. The zero-order chi connectivity index (χ0) is 22.2. The van der Waals surface area contributed by atoms with Gasteiger partial charge in [-0.2, -0.15) is 0 Å². The van der Waals surface area contributed by atoms with Gasteiger partial charge in [0.05, 0.1) is 39.3 Å². The second-order valence-corrected chi connectivity index (χ2v) is 10.1. The molecule has 1 amide bonds. The second-order valence-electron chi connectivity index (χ2n) is 6.91. The van der Waals surface area contributed by atoms with Crippen LogP contribution in [0.1, 0.15) is 22.2 Å². The molecule has 6 nitrogen and oxygen atoms in total. The summed E-state index contributed by atoms with van der Waals surface area (Å²) in [6, 6.07) is 9.21. The number of morpholine rings is 1. The van der Waals surface area contributed by atoms with Crippen molar-refractivity contribution in [3.8, 4) is 0 Å². The van der Waals surface area contributed by atoms with Gasteiger partial charge in [-0.1, -0.05) is 29.3 Å². The number of nitrogens with zero attached hydrogens (tertiary/aromatic N) is 1. The molecule has 1 N–H and O–H groups in total. The van der Waals surface area contributed by atoms with Crippen molar-refractivity contribution in [2.75, 3.05) is 38.6 Å². The first-order chi connectivity index (χ1) is 14.9. The molecule has 1 fully saturated rings. The van der Waals surface area contributed by atoms with Gasteiger partial charge in [-0.05, 0) is 36.8 Å². The van der Waals surface area contributed by atoms with Gasteiger partial charge < -0.3 is 14.8 Å². The molecule has 31 heavy (non-hydrogen) atoms. The number of halogens is 2. The SMILES string of the molecule is CCOC(=O)c1ccc(SCC(=O)NC[C@H]2CN(Cc3ccc(Cl)c(Cl)c3)CCO2)s1. The van der Waals surface area contributed by atoms with Crippen LogP contribution in [0.25, 0.3) is 0 Å². The lowest BCUT2D eigenvalue weighted by atomic mass is 10.2. The summed E-state index contributed by atoms with van der Waals surface area (Å²) in [5.41, 5.74) is 1.09. The van der Waals surface area contributed by atoms with Crippen molar-refractivity contribution < 1.29 is 19.1 Å². The Kier molecular flexibility index (Phi) is 9.49. The lowest BCUT2D eigenvalue weighted by molar-refractivity contribution is -0.119. The van der Waals surface area contributed by atoms with E-state index in [2.05, 4.69) is 10.2 Å². The number of thiophene rings is 1. The quantitative estimate of drug-likeness (QED) is 0.406. The van der Waals surface area contributed by atoms with E-state index in [-0.39, 0.29) is 23.7 Å². The number of carbonyl (C=O) groups is 2. The van der Waals surface area contributed by atoms with Gasteiger partial charge in [-0.3, -0.25) is 9.69 Å². The second kappa shape index (κ2) is 12.1. The Balaban J connectivity index is 1.39. The molecule has 2 aromatic rings. The van der Waals surface area contributed by atoms with Gasteiger partial charge in [0.25, 0.3) is 0 Å². The smallest absolute Gasteiger partial charge is 0.348 e. The van der Waals surface area contributed by atoms with E-state index in [1.54, 1.807) is 19.1 Å². The summed E-state index contributed by atoms with van der Waals surface area (Å²) in [5, 5.41) is 4.03. The number of ether oxygens (including phenoxy) is 2. The van der Waals surface area contributed by atoms with Gasteiger partial charge in [-0.25, -0.2) is 4.79 Å². The van der Waals surface area contributed by atoms with E-state index in [4.69, 9.17) is 32.7 Å². The molecule has 168 valence electrons. The van der Waals surface area contributed by atoms with E-state index in [1.807, 2.05) is 18.2 Å². The third kappa shape index (κ3) is 7.66. The molecule has 3 rings (SSSR count). The minimum atomic E-state index is -0.330. The first kappa shape index (κ1) is 24.4. The van der Waals surface area contributed by atoms with Gasteiger partial charge >= 0.3 is 5.97 Å². The van der Waals surface area contributed by atoms with Crippen molar-refractivity contribution in [1.29, 1.82) is 0 Å². The van der Waals surface area contributed by atoms with Gasteiger partial charge in [0.2, 0.25) is 5.91 Å². The Morgan fingerprint density at radius 2 is 2.13 bits per heavy atom. The van der Waals surface area contributed by atoms with Crippen LogP contribution in [-0.4, -0.2) is 61.5 Å². The van der Waals surface area contributed by atoms with Crippen LogP contribution in [-0.2, 0) is 20.8 Å². The van der Waals surface area contributed by atoms with Gasteiger partial charge in [0.1, 0.15) is 4.88 Å². The number of nitrogens with one attached hydrogen (secondary N) is 1. The normalized spacial score (nSPS) is 16.8. The molecule has 1 aliphatic rings. The van der Waals surface area contributed by atoms with Crippen LogP contribution in [0.15, 0.2) is 34.5 Å².